The van der Waals surface area contributed by atoms with Crippen molar-refractivity contribution in [2.75, 3.05) is 5.32 Å². The predicted molar refractivity (Wildman–Crippen MR) is 118 cm³/mol. The minimum atomic E-state index is 0.352. The maximum atomic E-state index is 6.33. The van der Waals surface area contributed by atoms with Crippen molar-refractivity contribution >= 4 is 17.5 Å². The van der Waals surface area contributed by atoms with Crippen molar-refractivity contribution in [2.24, 2.45) is 0 Å². The molecule has 0 atom stereocenters. The van der Waals surface area contributed by atoms with Gasteiger partial charge in [0.2, 0.25) is 11.2 Å². The van der Waals surface area contributed by atoms with Gasteiger partial charge in [0, 0.05) is 12.0 Å². The summed E-state index contributed by atoms with van der Waals surface area (Å²) < 4.78 is 0. The van der Waals surface area contributed by atoms with Crippen molar-refractivity contribution in [1.29, 1.82) is 0 Å². The summed E-state index contributed by atoms with van der Waals surface area (Å²) in [5.41, 5.74) is 0. The molecule has 0 bridgehead atoms. The smallest absolute Gasteiger partial charge is 0.227 e. The van der Waals surface area contributed by atoms with Gasteiger partial charge in [-0.1, -0.05) is 89.9 Å². The second-order valence-corrected chi connectivity index (χ2v) is 9.27. The van der Waals surface area contributed by atoms with E-state index in [1.807, 2.05) is 0 Å². The van der Waals surface area contributed by atoms with Crippen molar-refractivity contribution in [3.8, 4) is 0 Å². The minimum Gasteiger partial charge on any atom is -0.351 e. The van der Waals surface area contributed by atoms with Crippen LogP contribution in [-0.4, -0.2) is 21.0 Å². The SMILES string of the molecule is Clc1nc(NC2CCCCCCCC2)nc(C2CCCCCCCCCC2)n1. The Morgan fingerprint density at radius 2 is 1.04 bits per heavy atom. The van der Waals surface area contributed by atoms with Crippen LogP contribution in [0.1, 0.15) is 127 Å². The lowest BCUT2D eigenvalue weighted by atomic mass is 9.94. The van der Waals surface area contributed by atoms with Crippen molar-refractivity contribution < 1.29 is 0 Å². The largest absolute Gasteiger partial charge is 0.351 e. The average Bonchev–Trinajstić information content (AvgIpc) is 2.76. The molecular weight excluding hydrogens is 368 g/mol. The van der Waals surface area contributed by atoms with Crippen LogP contribution in [0.15, 0.2) is 0 Å². The molecule has 2 fully saturated rings. The molecular formula is C23H39ClN4. The van der Waals surface area contributed by atoms with E-state index < -0.39 is 0 Å². The summed E-state index contributed by atoms with van der Waals surface area (Å²) >= 11 is 6.33. The van der Waals surface area contributed by atoms with Crippen LogP contribution >= 0.6 is 11.6 Å². The molecule has 0 aliphatic heterocycles. The van der Waals surface area contributed by atoms with Gasteiger partial charge in [-0.15, -0.1) is 0 Å². The highest BCUT2D eigenvalue weighted by atomic mass is 35.5. The van der Waals surface area contributed by atoms with Crippen LogP contribution in [0.25, 0.3) is 0 Å². The molecule has 1 aromatic heterocycles. The first-order chi connectivity index (χ1) is 13.8. The summed E-state index contributed by atoms with van der Waals surface area (Å²) in [6, 6.07) is 0.469. The second-order valence-electron chi connectivity index (χ2n) is 8.93. The van der Waals surface area contributed by atoms with E-state index in [0.717, 1.165) is 5.82 Å². The quantitative estimate of drug-likeness (QED) is 0.566. The molecule has 1 aromatic rings. The molecule has 0 radical (unpaired) electrons. The number of nitrogens with one attached hydrogen (secondary N) is 1. The molecule has 2 saturated carbocycles. The summed E-state index contributed by atoms with van der Waals surface area (Å²) in [6.45, 7) is 0. The summed E-state index contributed by atoms with van der Waals surface area (Å²) in [5.74, 6) is 2.05. The molecule has 0 saturated heterocycles. The Morgan fingerprint density at radius 1 is 0.571 bits per heavy atom. The van der Waals surface area contributed by atoms with E-state index in [-0.39, 0.29) is 0 Å². The van der Waals surface area contributed by atoms with E-state index in [0.29, 0.717) is 23.2 Å². The first-order valence-corrected chi connectivity index (χ1v) is 12.4. The highest BCUT2D eigenvalue weighted by molar-refractivity contribution is 6.28. The molecule has 28 heavy (non-hydrogen) atoms. The zero-order valence-corrected chi connectivity index (χ0v) is 18.4. The normalized spacial score (nSPS) is 22.5. The Hall–Kier alpha value is -0.900. The van der Waals surface area contributed by atoms with Crippen molar-refractivity contribution in [2.45, 2.75) is 128 Å². The molecule has 1 N–H and O–H groups in total. The lowest BCUT2D eigenvalue weighted by Gasteiger charge is -2.20. The van der Waals surface area contributed by atoms with Crippen LogP contribution in [0, 0.1) is 0 Å². The van der Waals surface area contributed by atoms with Crippen LogP contribution < -0.4 is 5.32 Å². The number of hydrogen-bond acceptors (Lipinski definition) is 4. The molecule has 0 spiro atoms. The Labute approximate surface area is 176 Å². The number of anilines is 1. The van der Waals surface area contributed by atoms with Gasteiger partial charge in [-0.25, -0.2) is 4.98 Å². The van der Waals surface area contributed by atoms with Gasteiger partial charge >= 0.3 is 0 Å². The number of halogens is 1. The fourth-order valence-electron chi connectivity index (χ4n) is 4.82. The van der Waals surface area contributed by atoms with E-state index in [9.17, 15) is 0 Å². The third-order valence-corrected chi connectivity index (χ3v) is 6.70. The van der Waals surface area contributed by atoms with Gasteiger partial charge in [0.15, 0.2) is 0 Å². The van der Waals surface area contributed by atoms with Crippen molar-refractivity contribution in [3.05, 3.63) is 11.1 Å². The highest BCUT2D eigenvalue weighted by Gasteiger charge is 2.19. The fourth-order valence-corrected chi connectivity index (χ4v) is 4.98. The number of hydrogen-bond donors (Lipinski definition) is 1. The standard InChI is InChI=1S/C23H39ClN4/c24-22-26-21(19-15-11-7-3-1-2-4-8-12-16-19)27-23(28-22)25-20-17-13-9-5-6-10-14-18-20/h19-20H,1-18H2,(H,25,26,27,28). The van der Waals surface area contributed by atoms with Crippen LogP contribution in [0.4, 0.5) is 5.95 Å². The molecule has 3 rings (SSSR count). The summed E-state index contributed by atoms with van der Waals surface area (Å²) in [5, 5.41) is 3.96. The molecule has 0 aromatic carbocycles. The monoisotopic (exact) mass is 406 g/mol. The van der Waals surface area contributed by atoms with Crippen LogP contribution in [0.5, 0.6) is 0 Å². The van der Waals surface area contributed by atoms with Gasteiger partial charge in [-0.05, 0) is 37.3 Å². The third kappa shape index (κ3) is 7.85. The van der Waals surface area contributed by atoms with E-state index >= 15 is 0 Å². The number of nitrogens with zero attached hydrogens (tertiary/aromatic N) is 3. The third-order valence-electron chi connectivity index (χ3n) is 6.53. The highest BCUT2D eigenvalue weighted by Crippen LogP contribution is 2.29. The van der Waals surface area contributed by atoms with Crippen LogP contribution in [0.2, 0.25) is 5.28 Å². The zero-order chi connectivity index (χ0) is 19.4. The molecule has 4 nitrogen and oxygen atoms in total. The van der Waals surface area contributed by atoms with Crippen LogP contribution in [-0.2, 0) is 0 Å². The number of aromatic nitrogens is 3. The van der Waals surface area contributed by atoms with E-state index in [4.69, 9.17) is 16.6 Å². The topological polar surface area (TPSA) is 50.7 Å². The Kier molecular flexibility index (Phi) is 9.82. The first-order valence-electron chi connectivity index (χ1n) is 12.0. The Balaban J connectivity index is 1.66. The van der Waals surface area contributed by atoms with E-state index in [1.54, 1.807) is 0 Å². The lowest BCUT2D eigenvalue weighted by Crippen LogP contribution is -2.22. The van der Waals surface area contributed by atoms with Gasteiger partial charge in [0.05, 0.1) is 0 Å². The molecule has 1 heterocycles. The molecule has 0 amide bonds. The summed E-state index contributed by atoms with van der Waals surface area (Å²) in [7, 11) is 0. The molecule has 5 heteroatoms. The first kappa shape index (κ1) is 21.8. The number of rotatable bonds is 3. The summed E-state index contributed by atoms with van der Waals surface area (Å²) in [6.07, 6.45) is 23.6. The minimum absolute atomic E-state index is 0.352. The van der Waals surface area contributed by atoms with Crippen molar-refractivity contribution in [1.82, 2.24) is 15.0 Å². The predicted octanol–water partition coefficient (Wildman–Crippen LogP) is 7.44. The van der Waals surface area contributed by atoms with Gasteiger partial charge in [0.1, 0.15) is 5.82 Å². The maximum Gasteiger partial charge on any atom is 0.227 e. The lowest BCUT2D eigenvalue weighted by molar-refractivity contribution is 0.492. The Morgan fingerprint density at radius 3 is 1.57 bits per heavy atom. The van der Waals surface area contributed by atoms with Gasteiger partial charge in [0.25, 0.3) is 0 Å². The van der Waals surface area contributed by atoms with Gasteiger partial charge in [-0.2, -0.15) is 9.97 Å². The second kappa shape index (κ2) is 12.6. The van der Waals surface area contributed by atoms with Gasteiger partial charge < -0.3 is 5.32 Å². The van der Waals surface area contributed by atoms with Crippen molar-refractivity contribution in [3.63, 3.8) is 0 Å². The molecule has 0 unspecified atom stereocenters. The van der Waals surface area contributed by atoms with E-state index in [2.05, 4.69) is 15.3 Å². The molecule has 2 aliphatic rings. The fraction of sp³-hybridized carbons (Fsp3) is 0.870. The molecule has 158 valence electrons. The Bertz CT molecular complexity index is 544. The van der Waals surface area contributed by atoms with Crippen LogP contribution in [0.3, 0.4) is 0 Å². The zero-order valence-electron chi connectivity index (χ0n) is 17.6. The van der Waals surface area contributed by atoms with Gasteiger partial charge in [-0.3, -0.25) is 0 Å². The molecule has 2 aliphatic carbocycles. The summed E-state index contributed by atoms with van der Waals surface area (Å²) in [4.78, 5) is 13.8. The van der Waals surface area contributed by atoms with E-state index in [1.165, 1.54) is 116 Å². The maximum absolute atomic E-state index is 6.33. The average molecular weight is 407 g/mol.